The molecule has 2 aromatic carbocycles. The summed E-state index contributed by atoms with van der Waals surface area (Å²) in [6.45, 7) is 3.29. The highest BCUT2D eigenvalue weighted by Gasteiger charge is 2.30. The molecule has 1 heterocycles. The highest BCUT2D eigenvalue weighted by molar-refractivity contribution is 8.01. The van der Waals surface area contributed by atoms with E-state index in [1.807, 2.05) is 6.07 Å². The minimum atomic E-state index is -0.989. The second-order valence-electron chi connectivity index (χ2n) is 7.29. The molecule has 0 spiro atoms. The molecule has 0 saturated heterocycles. The first-order valence-electron chi connectivity index (χ1n) is 8.98. The number of carboxylic acids is 1. The van der Waals surface area contributed by atoms with Gasteiger partial charge in [0.25, 0.3) is 0 Å². The number of rotatable bonds is 6. The van der Waals surface area contributed by atoms with Gasteiger partial charge in [0, 0.05) is 17.3 Å². The van der Waals surface area contributed by atoms with Crippen LogP contribution in [0.1, 0.15) is 38.2 Å². The standard InChI is InChI=1S/C21H21N3O2S/c1-21(2,19(25)26)27-20-22-12-11-18(24-20)23-17-10-9-14(13-7-8-13)15-5-3-4-6-16(15)17/h3-6,9-13H,7-8H2,1-2H3,(H,25,26)(H,22,23,24). The third-order valence-corrected chi connectivity index (χ3v) is 5.80. The zero-order valence-corrected chi connectivity index (χ0v) is 16.1. The normalized spacial score (nSPS) is 14.3. The highest BCUT2D eigenvalue weighted by Crippen LogP contribution is 2.44. The number of thioether (sulfide) groups is 1. The number of fused-ring (bicyclic) bond motifs is 1. The van der Waals surface area contributed by atoms with Gasteiger partial charge in [-0.1, -0.05) is 42.1 Å². The molecule has 0 aliphatic heterocycles. The molecule has 1 saturated carbocycles. The average molecular weight is 379 g/mol. The molecule has 6 heteroatoms. The van der Waals surface area contributed by atoms with Crippen LogP contribution >= 0.6 is 11.8 Å². The van der Waals surface area contributed by atoms with E-state index in [2.05, 4.69) is 45.6 Å². The molecule has 27 heavy (non-hydrogen) atoms. The summed E-state index contributed by atoms with van der Waals surface area (Å²) in [4.78, 5) is 20.0. The van der Waals surface area contributed by atoms with E-state index < -0.39 is 10.7 Å². The Morgan fingerprint density at radius 2 is 1.89 bits per heavy atom. The topological polar surface area (TPSA) is 75.1 Å². The Bertz CT molecular complexity index is 1020. The molecule has 0 radical (unpaired) electrons. The van der Waals surface area contributed by atoms with Gasteiger partial charge in [-0.2, -0.15) is 0 Å². The molecule has 0 atom stereocenters. The van der Waals surface area contributed by atoms with E-state index >= 15 is 0 Å². The first-order chi connectivity index (χ1) is 12.9. The summed E-state index contributed by atoms with van der Waals surface area (Å²) in [7, 11) is 0. The molecule has 3 aromatic rings. The van der Waals surface area contributed by atoms with Crippen molar-refractivity contribution in [2.24, 2.45) is 0 Å². The summed E-state index contributed by atoms with van der Waals surface area (Å²) in [5.41, 5.74) is 2.40. The number of hydrogen-bond acceptors (Lipinski definition) is 5. The maximum Gasteiger partial charge on any atom is 0.319 e. The largest absolute Gasteiger partial charge is 0.480 e. The van der Waals surface area contributed by atoms with Crippen molar-refractivity contribution < 1.29 is 9.90 Å². The minimum Gasteiger partial charge on any atom is -0.480 e. The predicted molar refractivity (Wildman–Crippen MR) is 109 cm³/mol. The second kappa shape index (κ2) is 6.85. The Morgan fingerprint density at radius 1 is 1.15 bits per heavy atom. The fourth-order valence-corrected chi connectivity index (χ4v) is 3.85. The van der Waals surface area contributed by atoms with Crippen LogP contribution in [0, 0.1) is 0 Å². The molecule has 1 fully saturated rings. The maximum atomic E-state index is 11.3. The lowest BCUT2D eigenvalue weighted by atomic mass is 9.99. The van der Waals surface area contributed by atoms with Crippen LogP contribution in [0.15, 0.2) is 53.8 Å². The Morgan fingerprint density at radius 3 is 2.59 bits per heavy atom. The van der Waals surface area contributed by atoms with Crippen LogP contribution in [-0.2, 0) is 4.79 Å². The lowest BCUT2D eigenvalue weighted by Crippen LogP contribution is -2.27. The van der Waals surface area contributed by atoms with E-state index in [0.717, 1.165) is 17.4 Å². The summed E-state index contributed by atoms with van der Waals surface area (Å²) < 4.78 is -0.989. The van der Waals surface area contributed by atoms with Crippen molar-refractivity contribution in [1.82, 2.24) is 9.97 Å². The van der Waals surface area contributed by atoms with Crippen LogP contribution < -0.4 is 5.32 Å². The van der Waals surface area contributed by atoms with E-state index in [-0.39, 0.29) is 0 Å². The predicted octanol–water partition coefficient (Wildman–Crippen LogP) is 5.21. The molecule has 1 aliphatic rings. The van der Waals surface area contributed by atoms with Crippen molar-refractivity contribution in [3.8, 4) is 0 Å². The van der Waals surface area contributed by atoms with Crippen molar-refractivity contribution in [3.05, 3.63) is 54.2 Å². The zero-order chi connectivity index (χ0) is 19.0. The molecule has 0 bridgehead atoms. The van der Waals surface area contributed by atoms with Gasteiger partial charge in [-0.15, -0.1) is 0 Å². The van der Waals surface area contributed by atoms with Crippen molar-refractivity contribution in [2.75, 3.05) is 5.32 Å². The van der Waals surface area contributed by atoms with E-state index in [1.165, 1.54) is 29.2 Å². The number of aliphatic carboxylic acids is 1. The van der Waals surface area contributed by atoms with E-state index in [0.29, 0.717) is 16.9 Å². The average Bonchev–Trinajstić information content (AvgIpc) is 3.47. The summed E-state index contributed by atoms with van der Waals surface area (Å²) in [5.74, 6) is 0.443. The van der Waals surface area contributed by atoms with Crippen molar-refractivity contribution in [2.45, 2.75) is 42.5 Å². The molecule has 4 rings (SSSR count). The van der Waals surface area contributed by atoms with Crippen LogP contribution in [-0.4, -0.2) is 25.8 Å². The van der Waals surface area contributed by atoms with Gasteiger partial charge < -0.3 is 10.4 Å². The summed E-state index contributed by atoms with van der Waals surface area (Å²) >= 11 is 1.14. The monoisotopic (exact) mass is 379 g/mol. The molecular formula is C21H21N3O2S. The van der Waals surface area contributed by atoms with Gasteiger partial charge >= 0.3 is 5.97 Å². The van der Waals surface area contributed by atoms with Gasteiger partial charge in [0.2, 0.25) is 0 Å². The van der Waals surface area contributed by atoms with Crippen LogP contribution in [0.2, 0.25) is 0 Å². The van der Waals surface area contributed by atoms with Crippen LogP contribution in [0.3, 0.4) is 0 Å². The highest BCUT2D eigenvalue weighted by atomic mass is 32.2. The molecule has 2 N–H and O–H groups in total. The lowest BCUT2D eigenvalue weighted by Gasteiger charge is -2.17. The number of aromatic nitrogens is 2. The van der Waals surface area contributed by atoms with E-state index in [4.69, 9.17) is 0 Å². The molecule has 1 aromatic heterocycles. The van der Waals surface area contributed by atoms with E-state index in [1.54, 1.807) is 26.1 Å². The van der Waals surface area contributed by atoms with Gasteiger partial charge in [-0.3, -0.25) is 4.79 Å². The Kier molecular flexibility index (Phi) is 4.52. The van der Waals surface area contributed by atoms with Gasteiger partial charge in [0.05, 0.1) is 0 Å². The van der Waals surface area contributed by atoms with E-state index in [9.17, 15) is 9.90 Å². The van der Waals surface area contributed by atoms with Crippen LogP contribution in [0.25, 0.3) is 10.8 Å². The third-order valence-electron chi connectivity index (χ3n) is 4.73. The molecule has 138 valence electrons. The first kappa shape index (κ1) is 17.8. The summed E-state index contributed by atoms with van der Waals surface area (Å²) in [5, 5.41) is 15.6. The molecule has 1 aliphatic carbocycles. The SMILES string of the molecule is CC(C)(Sc1nccc(Nc2ccc(C3CC3)c3ccccc23)n1)C(=O)O. The second-order valence-corrected chi connectivity index (χ2v) is 8.88. The first-order valence-corrected chi connectivity index (χ1v) is 9.80. The van der Waals surface area contributed by atoms with Gasteiger partial charge in [-0.05, 0) is 55.7 Å². The number of benzene rings is 2. The maximum absolute atomic E-state index is 11.3. The number of hydrogen-bond donors (Lipinski definition) is 2. The van der Waals surface area contributed by atoms with Crippen LogP contribution in [0.5, 0.6) is 0 Å². The number of carbonyl (C=O) groups is 1. The fourth-order valence-electron chi connectivity index (χ4n) is 3.05. The van der Waals surface area contributed by atoms with Crippen molar-refractivity contribution >= 4 is 40.0 Å². The molecule has 5 nitrogen and oxygen atoms in total. The van der Waals surface area contributed by atoms with Crippen LogP contribution in [0.4, 0.5) is 11.5 Å². The number of nitrogens with zero attached hydrogens (tertiary/aromatic N) is 2. The molecule has 0 amide bonds. The fraction of sp³-hybridized carbons (Fsp3) is 0.286. The molecule has 0 unspecified atom stereocenters. The summed E-state index contributed by atoms with van der Waals surface area (Å²) in [6.07, 6.45) is 4.18. The lowest BCUT2D eigenvalue weighted by molar-refractivity contribution is -0.138. The third kappa shape index (κ3) is 3.76. The summed E-state index contributed by atoms with van der Waals surface area (Å²) in [6, 6.07) is 14.5. The van der Waals surface area contributed by atoms with Gasteiger partial charge in [0.15, 0.2) is 5.16 Å². The van der Waals surface area contributed by atoms with Crippen molar-refractivity contribution in [1.29, 1.82) is 0 Å². The number of anilines is 2. The quantitative estimate of drug-likeness (QED) is 0.452. The minimum absolute atomic E-state index is 0.436. The Hall–Kier alpha value is -2.60. The Balaban J connectivity index is 1.64. The Labute approximate surface area is 162 Å². The van der Waals surface area contributed by atoms with Gasteiger partial charge in [0.1, 0.15) is 10.6 Å². The van der Waals surface area contributed by atoms with Gasteiger partial charge in [-0.25, -0.2) is 9.97 Å². The molecular weight excluding hydrogens is 358 g/mol. The zero-order valence-electron chi connectivity index (χ0n) is 15.3. The smallest absolute Gasteiger partial charge is 0.319 e. The van der Waals surface area contributed by atoms with Crippen molar-refractivity contribution in [3.63, 3.8) is 0 Å². The number of carboxylic acid groups (broad SMARTS) is 1. The number of nitrogens with one attached hydrogen (secondary N) is 1.